The molecule has 1 aliphatic rings. The number of halogens is 1. The van der Waals surface area contributed by atoms with Crippen molar-refractivity contribution in [1.29, 1.82) is 0 Å². The summed E-state index contributed by atoms with van der Waals surface area (Å²) in [5.41, 5.74) is 1.58. The number of aryl methyl sites for hydroxylation is 2. The molecule has 1 aromatic heterocycles. The number of ketones is 1. The van der Waals surface area contributed by atoms with Gasteiger partial charge in [-0.15, -0.1) is 11.3 Å². The van der Waals surface area contributed by atoms with Crippen molar-refractivity contribution < 1.29 is 18.7 Å². The third-order valence-corrected chi connectivity index (χ3v) is 5.53. The number of nitrogens with zero attached hydrogens (tertiary/aromatic N) is 1. The van der Waals surface area contributed by atoms with Crippen LogP contribution in [0.2, 0.25) is 0 Å². The highest BCUT2D eigenvalue weighted by molar-refractivity contribution is 7.12. The largest absolute Gasteiger partial charge is 0.370 e. The van der Waals surface area contributed by atoms with Crippen LogP contribution in [-0.2, 0) is 9.53 Å². The Morgan fingerprint density at radius 2 is 1.96 bits per heavy atom. The van der Waals surface area contributed by atoms with Crippen molar-refractivity contribution in [2.75, 3.05) is 19.7 Å². The predicted octanol–water partition coefficient (Wildman–Crippen LogP) is 4.07. The summed E-state index contributed by atoms with van der Waals surface area (Å²) in [7, 11) is 0. The fourth-order valence-corrected chi connectivity index (χ4v) is 4.12. The predicted molar refractivity (Wildman–Crippen MR) is 99.0 cm³/mol. The van der Waals surface area contributed by atoms with Gasteiger partial charge < -0.3 is 9.64 Å². The van der Waals surface area contributed by atoms with Crippen molar-refractivity contribution in [2.24, 2.45) is 0 Å². The Balaban J connectivity index is 1.56. The molecule has 6 heteroatoms. The molecule has 0 N–H and O–H groups in total. The normalized spacial score (nSPS) is 17.3. The topological polar surface area (TPSA) is 46.6 Å². The Bertz CT molecular complexity index is 800. The van der Waals surface area contributed by atoms with Crippen LogP contribution in [0.25, 0.3) is 0 Å². The van der Waals surface area contributed by atoms with Crippen LogP contribution in [0.3, 0.4) is 0 Å². The maximum Gasteiger partial charge on any atom is 0.223 e. The van der Waals surface area contributed by atoms with Crippen molar-refractivity contribution in [1.82, 2.24) is 4.90 Å². The van der Waals surface area contributed by atoms with Gasteiger partial charge >= 0.3 is 0 Å². The number of hydrogen-bond acceptors (Lipinski definition) is 4. The first-order chi connectivity index (χ1) is 12.4. The Kier molecular flexibility index (Phi) is 5.84. The minimum Gasteiger partial charge on any atom is -0.370 e. The zero-order chi connectivity index (χ0) is 18.7. The first-order valence-corrected chi connectivity index (χ1v) is 9.51. The maximum atomic E-state index is 13.1. The Labute approximate surface area is 156 Å². The van der Waals surface area contributed by atoms with E-state index < -0.39 is 0 Å². The van der Waals surface area contributed by atoms with Gasteiger partial charge in [0.05, 0.1) is 13.2 Å². The van der Waals surface area contributed by atoms with E-state index in [1.807, 2.05) is 19.9 Å². The molecule has 0 spiro atoms. The molecule has 1 aliphatic heterocycles. The van der Waals surface area contributed by atoms with Crippen molar-refractivity contribution in [2.45, 2.75) is 32.8 Å². The molecule has 1 unspecified atom stereocenters. The summed E-state index contributed by atoms with van der Waals surface area (Å²) in [5, 5.41) is 0. The van der Waals surface area contributed by atoms with E-state index in [1.54, 1.807) is 28.4 Å². The SMILES string of the molecule is Cc1cc(C(=O)CCC(=O)N2CCOC(c3ccc(F)cc3)C2)c(C)s1. The van der Waals surface area contributed by atoms with Gasteiger partial charge in [-0.05, 0) is 37.6 Å². The van der Waals surface area contributed by atoms with Gasteiger partial charge in [0.2, 0.25) is 5.91 Å². The van der Waals surface area contributed by atoms with E-state index >= 15 is 0 Å². The Morgan fingerprint density at radius 3 is 2.62 bits per heavy atom. The summed E-state index contributed by atoms with van der Waals surface area (Å²) >= 11 is 1.60. The smallest absolute Gasteiger partial charge is 0.223 e. The molecule has 138 valence electrons. The Hall–Kier alpha value is -2.05. The lowest BCUT2D eigenvalue weighted by atomic mass is 10.1. The fraction of sp³-hybridized carbons (Fsp3) is 0.400. The van der Waals surface area contributed by atoms with Crippen LogP contribution in [0.5, 0.6) is 0 Å². The lowest BCUT2D eigenvalue weighted by Crippen LogP contribution is -2.42. The molecule has 3 rings (SSSR count). The third-order valence-electron chi connectivity index (χ3n) is 4.57. The number of carbonyl (C=O) groups excluding carboxylic acids is 2. The molecule has 2 aromatic rings. The molecule has 0 aliphatic carbocycles. The van der Waals surface area contributed by atoms with Gasteiger partial charge in [0.1, 0.15) is 11.9 Å². The van der Waals surface area contributed by atoms with Gasteiger partial charge in [-0.1, -0.05) is 12.1 Å². The van der Waals surface area contributed by atoms with E-state index in [0.717, 1.165) is 20.9 Å². The van der Waals surface area contributed by atoms with Gasteiger partial charge in [-0.25, -0.2) is 4.39 Å². The molecule has 1 fully saturated rings. The number of ether oxygens (including phenoxy) is 1. The van der Waals surface area contributed by atoms with Crippen LogP contribution < -0.4 is 0 Å². The van der Waals surface area contributed by atoms with Gasteiger partial charge in [0, 0.05) is 34.7 Å². The minimum atomic E-state index is -0.296. The molecule has 1 amide bonds. The highest BCUT2D eigenvalue weighted by Crippen LogP contribution is 2.24. The molecule has 0 saturated carbocycles. The maximum absolute atomic E-state index is 13.1. The lowest BCUT2D eigenvalue weighted by molar-refractivity contribution is -0.139. The molecule has 4 nitrogen and oxygen atoms in total. The van der Waals surface area contributed by atoms with Crippen LogP contribution in [0.15, 0.2) is 30.3 Å². The molecule has 1 saturated heterocycles. The average molecular weight is 375 g/mol. The molecular weight excluding hydrogens is 353 g/mol. The molecule has 1 atom stereocenters. The Morgan fingerprint density at radius 1 is 1.23 bits per heavy atom. The molecular formula is C20H22FNO3S. The van der Waals surface area contributed by atoms with E-state index in [4.69, 9.17) is 4.74 Å². The fourth-order valence-electron chi connectivity index (χ4n) is 3.18. The quantitative estimate of drug-likeness (QED) is 0.740. The van der Waals surface area contributed by atoms with E-state index in [1.165, 1.54) is 12.1 Å². The number of benzene rings is 1. The van der Waals surface area contributed by atoms with Crippen LogP contribution in [0, 0.1) is 19.7 Å². The van der Waals surface area contributed by atoms with Gasteiger partial charge in [-0.3, -0.25) is 9.59 Å². The number of amides is 1. The second-order valence-electron chi connectivity index (χ2n) is 6.50. The van der Waals surface area contributed by atoms with Crippen molar-refractivity contribution in [3.8, 4) is 0 Å². The zero-order valence-electron chi connectivity index (χ0n) is 15.0. The molecule has 1 aromatic carbocycles. The number of carbonyl (C=O) groups is 2. The van der Waals surface area contributed by atoms with E-state index in [0.29, 0.717) is 19.7 Å². The van der Waals surface area contributed by atoms with Crippen molar-refractivity contribution in [3.63, 3.8) is 0 Å². The summed E-state index contributed by atoms with van der Waals surface area (Å²) in [5.74, 6) is -0.322. The van der Waals surface area contributed by atoms with E-state index in [9.17, 15) is 14.0 Å². The number of rotatable bonds is 5. The van der Waals surface area contributed by atoms with Gasteiger partial charge in [0.15, 0.2) is 5.78 Å². The van der Waals surface area contributed by atoms with Crippen LogP contribution in [0.1, 0.15) is 44.6 Å². The number of Topliss-reactive ketones (excluding diaryl/α,β-unsaturated/α-hetero) is 1. The molecule has 26 heavy (non-hydrogen) atoms. The second-order valence-corrected chi connectivity index (χ2v) is 7.96. The lowest BCUT2D eigenvalue weighted by Gasteiger charge is -2.33. The summed E-state index contributed by atoms with van der Waals surface area (Å²) < 4.78 is 18.8. The summed E-state index contributed by atoms with van der Waals surface area (Å²) in [4.78, 5) is 28.7. The van der Waals surface area contributed by atoms with Gasteiger partial charge in [0.25, 0.3) is 0 Å². The van der Waals surface area contributed by atoms with E-state index in [-0.39, 0.29) is 36.5 Å². The zero-order valence-corrected chi connectivity index (χ0v) is 15.8. The average Bonchev–Trinajstić information content (AvgIpc) is 2.98. The van der Waals surface area contributed by atoms with Crippen LogP contribution >= 0.6 is 11.3 Å². The molecule has 0 bridgehead atoms. The standard InChI is InChI=1S/C20H22FNO3S/c1-13-11-17(14(2)26-13)18(23)7-8-20(24)22-9-10-25-19(12-22)15-3-5-16(21)6-4-15/h3-6,11,19H,7-10,12H2,1-2H3. The monoisotopic (exact) mass is 375 g/mol. The highest BCUT2D eigenvalue weighted by Gasteiger charge is 2.26. The van der Waals surface area contributed by atoms with Crippen molar-refractivity contribution >= 4 is 23.0 Å². The van der Waals surface area contributed by atoms with Crippen LogP contribution in [-0.4, -0.2) is 36.3 Å². The number of thiophene rings is 1. The van der Waals surface area contributed by atoms with Crippen LogP contribution in [0.4, 0.5) is 4.39 Å². The third kappa shape index (κ3) is 4.37. The molecule has 0 radical (unpaired) electrons. The first kappa shape index (κ1) is 18.7. The first-order valence-electron chi connectivity index (χ1n) is 8.69. The minimum absolute atomic E-state index is 0.0172. The number of morpholine rings is 1. The highest BCUT2D eigenvalue weighted by atomic mass is 32.1. The van der Waals surface area contributed by atoms with Gasteiger partial charge in [-0.2, -0.15) is 0 Å². The summed E-state index contributed by atoms with van der Waals surface area (Å²) in [6.07, 6.45) is 0.156. The summed E-state index contributed by atoms with van der Waals surface area (Å²) in [6.45, 7) is 5.28. The van der Waals surface area contributed by atoms with Crippen molar-refractivity contribution in [3.05, 3.63) is 57.0 Å². The second kappa shape index (κ2) is 8.10. The number of hydrogen-bond donors (Lipinski definition) is 0. The molecule has 2 heterocycles. The van der Waals surface area contributed by atoms with E-state index in [2.05, 4.69) is 0 Å². The summed E-state index contributed by atoms with van der Waals surface area (Å²) in [6, 6.07) is 8.04.